The Balaban J connectivity index is 1.54. The third-order valence-electron chi connectivity index (χ3n) is 4.50. The lowest BCUT2D eigenvalue weighted by Gasteiger charge is -2.28. The monoisotopic (exact) mass is 411 g/mol. The zero-order valence-corrected chi connectivity index (χ0v) is 15.1. The van der Waals surface area contributed by atoms with Crippen LogP contribution in [-0.2, 0) is 4.79 Å². The number of rotatable bonds is 5. The first-order chi connectivity index (χ1) is 9.63. The molecule has 0 aliphatic carbocycles. The van der Waals surface area contributed by atoms with E-state index in [9.17, 15) is 4.79 Å². The number of hydrogen-bond acceptors (Lipinski definition) is 4. The standard InChI is InChI=1S/C14H26IN3OS/c15-17-7-2-13(3-8-17)11-14(19)16-6-1-12-4-9-18(20)10-5-12/h12-13,20H,1-11H2,(H,16,19). The van der Waals surface area contributed by atoms with Gasteiger partial charge in [-0.3, -0.25) is 9.10 Å². The number of carbonyl (C=O) groups is 1. The van der Waals surface area contributed by atoms with Crippen molar-refractivity contribution in [1.29, 1.82) is 0 Å². The van der Waals surface area contributed by atoms with Gasteiger partial charge < -0.3 is 5.32 Å². The fourth-order valence-corrected chi connectivity index (χ4v) is 3.85. The van der Waals surface area contributed by atoms with Crippen LogP contribution in [0.4, 0.5) is 0 Å². The molecule has 0 aromatic heterocycles. The van der Waals surface area contributed by atoms with Crippen molar-refractivity contribution in [2.75, 3.05) is 32.7 Å². The van der Waals surface area contributed by atoms with Crippen LogP contribution in [-0.4, -0.2) is 46.0 Å². The molecule has 0 bridgehead atoms. The van der Waals surface area contributed by atoms with Gasteiger partial charge in [-0.25, -0.2) is 3.11 Å². The molecule has 2 aliphatic heterocycles. The van der Waals surface area contributed by atoms with Crippen LogP contribution >= 0.6 is 35.7 Å². The van der Waals surface area contributed by atoms with Crippen molar-refractivity contribution >= 4 is 41.6 Å². The predicted octanol–water partition coefficient (Wildman–Crippen LogP) is 2.50. The zero-order valence-electron chi connectivity index (χ0n) is 12.1. The summed E-state index contributed by atoms with van der Waals surface area (Å²) < 4.78 is 4.41. The van der Waals surface area contributed by atoms with Gasteiger partial charge in [0, 0.05) is 62.0 Å². The lowest BCUT2D eigenvalue weighted by atomic mass is 9.93. The van der Waals surface area contributed by atoms with E-state index in [4.69, 9.17) is 0 Å². The Morgan fingerprint density at radius 3 is 2.35 bits per heavy atom. The van der Waals surface area contributed by atoms with Crippen molar-refractivity contribution in [3.63, 3.8) is 0 Å². The Hall–Kier alpha value is 0.470. The van der Waals surface area contributed by atoms with E-state index in [1.807, 2.05) is 0 Å². The average Bonchev–Trinajstić information content (AvgIpc) is 2.44. The van der Waals surface area contributed by atoms with Crippen molar-refractivity contribution < 1.29 is 4.79 Å². The number of halogens is 1. The van der Waals surface area contributed by atoms with Crippen LogP contribution in [0.3, 0.4) is 0 Å². The Bertz CT molecular complexity index is 303. The molecule has 116 valence electrons. The van der Waals surface area contributed by atoms with Crippen molar-refractivity contribution in [3.05, 3.63) is 0 Å². The van der Waals surface area contributed by atoms with E-state index in [0.717, 1.165) is 64.3 Å². The SMILES string of the molecule is O=C(CC1CCN(I)CC1)NCCC1CCN(S)CC1. The summed E-state index contributed by atoms with van der Waals surface area (Å²) in [6.07, 6.45) is 6.60. The third-order valence-corrected chi connectivity index (χ3v) is 5.86. The molecule has 0 spiro atoms. The molecule has 2 heterocycles. The molecule has 0 aromatic carbocycles. The molecule has 1 N–H and O–H groups in total. The first-order valence-corrected chi connectivity index (χ1v) is 9.11. The van der Waals surface area contributed by atoms with Crippen molar-refractivity contribution in [2.24, 2.45) is 11.8 Å². The Kier molecular flexibility index (Phi) is 7.41. The minimum atomic E-state index is 0.253. The molecule has 0 aromatic rings. The van der Waals surface area contributed by atoms with Crippen LogP contribution in [0.1, 0.15) is 38.5 Å². The maximum Gasteiger partial charge on any atom is 0.220 e. The second-order valence-corrected chi connectivity index (χ2v) is 8.02. The molecular weight excluding hydrogens is 385 g/mol. The summed E-state index contributed by atoms with van der Waals surface area (Å²) in [6, 6.07) is 0. The highest BCUT2D eigenvalue weighted by Crippen LogP contribution is 2.23. The minimum absolute atomic E-state index is 0.253. The van der Waals surface area contributed by atoms with Crippen molar-refractivity contribution in [1.82, 2.24) is 12.7 Å². The number of amides is 1. The highest BCUT2D eigenvalue weighted by Gasteiger charge is 2.21. The van der Waals surface area contributed by atoms with E-state index in [1.54, 1.807) is 0 Å². The smallest absolute Gasteiger partial charge is 0.220 e. The number of nitrogens with one attached hydrogen (secondary N) is 1. The lowest BCUT2D eigenvalue weighted by molar-refractivity contribution is -0.122. The van der Waals surface area contributed by atoms with Crippen LogP contribution in [0.25, 0.3) is 0 Å². The molecule has 2 rings (SSSR count). The molecule has 2 saturated heterocycles. The van der Waals surface area contributed by atoms with E-state index >= 15 is 0 Å². The molecule has 0 atom stereocenters. The number of nitrogens with zero attached hydrogens (tertiary/aromatic N) is 2. The highest BCUT2D eigenvalue weighted by atomic mass is 127. The third kappa shape index (κ3) is 6.07. The molecule has 0 saturated carbocycles. The van der Waals surface area contributed by atoms with Gasteiger partial charge in [0.1, 0.15) is 0 Å². The van der Waals surface area contributed by atoms with Gasteiger partial charge >= 0.3 is 0 Å². The quantitative estimate of drug-likeness (QED) is 0.415. The van der Waals surface area contributed by atoms with Gasteiger partial charge in [0.2, 0.25) is 5.91 Å². The van der Waals surface area contributed by atoms with Crippen LogP contribution in [0.2, 0.25) is 0 Å². The molecular formula is C14H26IN3OS. The molecule has 0 unspecified atom stereocenters. The first kappa shape index (κ1) is 16.8. The van der Waals surface area contributed by atoms with Gasteiger partial charge in [0.25, 0.3) is 0 Å². The van der Waals surface area contributed by atoms with Crippen molar-refractivity contribution in [3.8, 4) is 0 Å². The fraction of sp³-hybridized carbons (Fsp3) is 0.929. The summed E-state index contributed by atoms with van der Waals surface area (Å²) in [5, 5.41) is 3.11. The van der Waals surface area contributed by atoms with Crippen LogP contribution in [0.5, 0.6) is 0 Å². The van der Waals surface area contributed by atoms with Crippen LogP contribution in [0.15, 0.2) is 0 Å². The van der Waals surface area contributed by atoms with Gasteiger partial charge in [0.15, 0.2) is 0 Å². The summed E-state index contributed by atoms with van der Waals surface area (Å²) in [4.78, 5) is 11.9. The normalized spacial score (nSPS) is 23.9. The Morgan fingerprint density at radius 1 is 1.10 bits per heavy atom. The number of piperidine rings is 2. The summed E-state index contributed by atoms with van der Waals surface area (Å²) in [6.45, 7) is 5.26. The van der Waals surface area contributed by atoms with E-state index in [2.05, 4.69) is 48.4 Å². The fourth-order valence-electron chi connectivity index (χ4n) is 3.06. The highest BCUT2D eigenvalue weighted by molar-refractivity contribution is 14.1. The van der Waals surface area contributed by atoms with Crippen molar-refractivity contribution in [2.45, 2.75) is 38.5 Å². The van der Waals surface area contributed by atoms with Gasteiger partial charge in [-0.2, -0.15) is 0 Å². The molecule has 0 radical (unpaired) electrons. The molecule has 2 aliphatic rings. The Labute approximate surface area is 142 Å². The van der Waals surface area contributed by atoms with Gasteiger partial charge in [-0.05, 0) is 43.9 Å². The molecule has 4 nitrogen and oxygen atoms in total. The van der Waals surface area contributed by atoms with E-state index < -0.39 is 0 Å². The molecule has 1 amide bonds. The average molecular weight is 411 g/mol. The topological polar surface area (TPSA) is 35.6 Å². The molecule has 20 heavy (non-hydrogen) atoms. The summed E-state index contributed by atoms with van der Waals surface area (Å²) in [5.41, 5.74) is 0. The van der Waals surface area contributed by atoms with Gasteiger partial charge in [0.05, 0.1) is 0 Å². The molecule has 2 fully saturated rings. The number of hydrogen-bond donors (Lipinski definition) is 2. The van der Waals surface area contributed by atoms with E-state index in [-0.39, 0.29) is 5.91 Å². The Morgan fingerprint density at radius 2 is 1.70 bits per heavy atom. The summed E-state index contributed by atoms with van der Waals surface area (Å²) in [7, 11) is 0. The number of thiol groups is 1. The second-order valence-electron chi connectivity index (χ2n) is 6.09. The molecule has 6 heteroatoms. The predicted molar refractivity (Wildman–Crippen MR) is 93.8 cm³/mol. The van der Waals surface area contributed by atoms with Gasteiger partial charge in [-0.15, -0.1) is 0 Å². The maximum absolute atomic E-state index is 11.9. The zero-order chi connectivity index (χ0) is 14.4. The number of carbonyl (C=O) groups excluding carboxylic acids is 1. The van der Waals surface area contributed by atoms with Crippen LogP contribution in [0, 0.1) is 11.8 Å². The van der Waals surface area contributed by atoms with Crippen LogP contribution < -0.4 is 5.32 Å². The van der Waals surface area contributed by atoms with Gasteiger partial charge in [-0.1, -0.05) is 12.8 Å². The second kappa shape index (κ2) is 8.80. The first-order valence-electron chi connectivity index (χ1n) is 7.74. The summed E-state index contributed by atoms with van der Waals surface area (Å²) >= 11 is 6.74. The minimum Gasteiger partial charge on any atom is -0.356 e. The van der Waals surface area contributed by atoms with E-state index in [0.29, 0.717) is 5.92 Å². The lowest BCUT2D eigenvalue weighted by Crippen LogP contribution is -2.33. The summed E-state index contributed by atoms with van der Waals surface area (Å²) in [5.74, 6) is 1.61. The largest absolute Gasteiger partial charge is 0.356 e. The maximum atomic E-state index is 11.9. The van der Waals surface area contributed by atoms with E-state index in [1.165, 1.54) is 12.8 Å².